The van der Waals surface area contributed by atoms with E-state index >= 15 is 0 Å². The molecule has 1 saturated carbocycles. The highest BCUT2D eigenvalue weighted by Crippen LogP contribution is 2.42. The van der Waals surface area contributed by atoms with Gasteiger partial charge in [0, 0.05) is 17.6 Å². The van der Waals surface area contributed by atoms with E-state index in [9.17, 15) is 0 Å². The lowest BCUT2D eigenvalue weighted by Gasteiger charge is -2.45. The van der Waals surface area contributed by atoms with Gasteiger partial charge in [0.25, 0.3) is 0 Å². The Labute approximate surface area is 129 Å². The van der Waals surface area contributed by atoms with Gasteiger partial charge >= 0.3 is 0 Å². The molecule has 21 heavy (non-hydrogen) atoms. The Morgan fingerprint density at radius 1 is 1.43 bits per heavy atom. The van der Waals surface area contributed by atoms with E-state index in [0.717, 1.165) is 12.5 Å². The summed E-state index contributed by atoms with van der Waals surface area (Å²) in [5.41, 5.74) is 1.69. The molecule has 3 unspecified atom stereocenters. The van der Waals surface area contributed by atoms with E-state index < -0.39 is 0 Å². The summed E-state index contributed by atoms with van der Waals surface area (Å²) in [6.07, 6.45) is 10.0. The number of hydrogen-bond donors (Lipinski definition) is 2. The molecule has 2 rings (SSSR count). The molecule has 3 atom stereocenters. The van der Waals surface area contributed by atoms with Crippen LogP contribution in [-0.2, 0) is 0 Å². The van der Waals surface area contributed by atoms with Gasteiger partial charge in [0.2, 0.25) is 0 Å². The molecule has 120 valence electrons. The molecule has 3 heteroatoms. The molecule has 0 spiro atoms. The molecule has 0 amide bonds. The van der Waals surface area contributed by atoms with Crippen molar-refractivity contribution in [2.45, 2.75) is 65.0 Å². The van der Waals surface area contributed by atoms with Crippen molar-refractivity contribution < 1.29 is 4.42 Å². The van der Waals surface area contributed by atoms with Crippen LogP contribution in [0.15, 0.2) is 23.0 Å². The summed E-state index contributed by atoms with van der Waals surface area (Å²) < 4.78 is 5.30. The summed E-state index contributed by atoms with van der Waals surface area (Å²) >= 11 is 0. The summed E-state index contributed by atoms with van der Waals surface area (Å²) in [5.74, 6) is 0.725. The van der Waals surface area contributed by atoms with E-state index in [-0.39, 0.29) is 0 Å². The highest BCUT2D eigenvalue weighted by molar-refractivity contribution is 5.12. The van der Waals surface area contributed by atoms with Crippen LogP contribution in [-0.4, -0.2) is 19.6 Å². The van der Waals surface area contributed by atoms with Crippen LogP contribution in [0.2, 0.25) is 0 Å². The van der Waals surface area contributed by atoms with E-state index in [4.69, 9.17) is 4.42 Å². The van der Waals surface area contributed by atoms with Crippen LogP contribution in [0.3, 0.4) is 0 Å². The van der Waals surface area contributed by atoms with Crippen molar-refractivity contribution >= 4 is 0 Å². The Morgan fingerprint density at radius 2 is 2.24 bits per heavy atom. The average Bonchev–Trinajstić information content (AvgIpc) is 2.96. The van der Waals surface area contributed by atoms with Gasteiger partial charge in [-0.25, -0.2) is 0 Å². The molecule has 1 aromatic rings. The lowest BCUT2D eigenvalue weighted by molar-refractivity contribution is 0.102. The normalized spacial score (nSPS) is 26.7. The summed E-state index contributed by atoms with van der Waals surface area (Å²) in [4.78, 5) is 0. The van der Waals surface area contributed by atoms with Crippen LogP contribution < -0.4 is 10.6 Å². The molecule has 1 aliphatic rings. The zero-order valence-corrected chi connectivity index (χ0v) is 14.1. The minimum absolute atomic E-state index is 0.392. The minimum atomic E-state index is 0.392. The second-order valence-electron chi connectivity index (χ2n) is 7.21. The molecule has 2 N–H and O–H groups in total. The molecule has 1 aromatic heterocycles. The molecule has 0 aromatic carbocycles. The second kappa shape index (κ2) is 7.46. The Bertz CT molecular complexity index is 399. The fraction of sp³-hybridized carbons (Fsp3) is 0.778. The highest BCUT2D eigenvalue weighted by Gasteiger charge is 2.38. The monoisotopic (exact) mass is 292 g/mol. The lowest BCUT2D eigenvalue weighted by atomic mass is 9.66. The molecule has 0 bridgehead atoms. The largest absolute Gasteiger partial charge is 0.472 e. The third kappa shape index (κ3) is 4.10. The maximum Gasteiger partial charge on any atom is 0.0950 e. The van der Waals surface area contributed by atoms with Gasteiger partial charge in [0.15, 0.2) is 0 Å². The van der Waals surface area contributed by atoms with Gasteiger partial charge in [-0.05, 0) is 56.7 Å². The van der Waals surface area contributed by atoms with Gasteiger partial charge < -0.3 is 15.1 Å². The van der Waals surface area contributed by atoms with Gasteiger partial charge in [0.05, 0.1) is 12.5 Å². The zero-order chi connectivity index (χ0) is 15.3. The number of rotatable bonds is 7. The first-order chi connectivity index (χ1) is 10.1. The van der Waals surface area contributed by atoms with Gasteiger partial charge in [-0.15, -0.1) is 0 Å². The van der Waals surface area contributed by atoms with Gasteiger partial charge in [-0.1, -0.05) is 27.2 Å². The average molecular weight is 292 g/mol. The van der Waals surface area contributed by atoms with Crippen molar-refractivity contribution in [1.29, 1.82) is 0 Å². The molecular formula is C18H32N2O. The van der Waals surface area contributed by atoms with Crippen LogP contribution in [0.5, 0.6) is 0 Å². The summed E-state index contributed by atoms with van der Waals surface area (Å²) in [6.45, 7) is 8.11. The van der Waals surface area contributed by atoms with E-state index in [0.29, 0.717) is 17.5 Å². The number of hydrogen-bond acceptors (Lipinski definition) is 3. The fourth-order valence-electron chi connectivity index (χ4n) is 4.09. The molecule has 0 aliphatic heterocycles. The number of furan rings is 1. The first-order valence-electron chi connectivity index (χ1n) is 8.51. The van der Waals surface area contributed by atoms with Crippen molar-refractivity contribution in [2.75, 3.05) is 13.6 Å². The maximum atomic E-state index is 5.30. The first kappa shape index (κ1) is 16.6. The van der Waals surface area contributed by atoms with Crippen LogP contribution in [0, 0.1) is 11.3 Å². The minimum Gasteiger partial charge on any atom is -0.472 e. The summed E-state index contributed by atoms with van der Waals surface area (Å²) in [5, 5.41) is 7.30. The Morgan fingerprint density at radius 3 is 2.86 bits per heavy atom. The third-order valence-electron chi connectivity index (χ3n) is 5.15. The predicted octanol–water partition coefficient (Wildman–Crippen LogP) is 4.12. The summed E-state index contributed by atoms with van der Waals surface area (Å²) in [7, 11) is 2.12. The van der Waals surface area contributed by atoms with Crippen LogP contribution >= 0.6 is 0 Å². The SMILES string of the molecule is CCCNC(CC1CCCC(C)(C)C1NC)c1ccoc1. The molecule has 1 heterocycles. The molecular weight excluding hydrogens is 260 g/mol. The Kier molecular flexibility index (Phi) is 5.88. The van der Waals surface area contributed by atoms with E-state index in [2.05, 4.69) is 44.5 Å². The van der Waals surface area contributed by atoms with E-state index in [1.54, 1.807) is 6.26 Å². The van der Waals surface area contributed by atoms with Crippen molar-refractivity contribution in [3.8, 4) is 0 Å². The Hall–Kier alpha value is -0.800. The standard InChI is InChI=1S/C18H32N2O/c1-5-10-20-16(15-8-11-21-13-15)12-14-7-6-9-18(2,3)17(14)19-4/h8,11,13-14,16-17,19-20H,5-7,9-10,12H2,1-4H3. The molecule has 3 nitrogen and oxygen atoms in total. The van der Waals surface area contributed by atoms with Crippen molar-refractivity contribution in [3.63, 3.8) is 0 Å². The maximum absolute atomic E-state index is 5.30. The van der Waals surface area contributed by atoms with Crippen LogP contribution in [0.4, 0.5) is 0 Å². The predicted molar refractivity (Wildman–Crippen MR) is 88.3 cm³/mol. The van der Waals surface area contributed by atoms with Crippen molar-refractivity contribution in [2.24, 2.45) is 11.3 Å². The van der Waals surface area contributed by atoms with E-state index in [1.807, 2.05) is 6.26 Å². The topological polar surface area (TPSA) is 37.2 Å². The zero-order valence-electron chi connectivity index (χ0n) is 14.1. The molecule has 1 fully saturated rings. The first-order valence-corrected chi connectivity index (χ1v) is 8.51. The number of nitrogens with one attached hydrogen (secondary N) is 2. The summed E-state index contributed by atoms with van der Waals surface area (Å²) in [6, 6.07) is 3.12. The lowest BCUT2D eigenvalue weighted by Crippen LogP contribution is -2.49. The van der Waals surface area contributed by atoms with Gasteiger partial charge in [-0.2, -0.15) is 0 Å². The van der Waals surface area contributed by atoms with Gasteiger partial charge in [0.1, 0.15) is 0 Å². The quantitative estimate of drug-likeness (QED) is 0.793. The fourth-order valence-corrected chi connectivity index (χ4v) is 4.09. The Balaban J connectivity index is 2.07. The van der Waals surface area contributed by atoms with Crippen LogP contribution in [0.25, 0.3) is 0 Å². The van der Waals surface area contributed by atoms with Crippen LogP contribution in [0.1, 0.15) is 64.5 Å². The van der Waals surface area contributed by atoms with Crippen molar-refractivity contribution in [1.82, 2.24) is 10.6 Å². The molecule has 0 saturated heterocycles. The smallest absolute Gasteiger partial charge is 0.0950 e. The second-order valence-corrected chi connectivity index (χ2v) is 7.21. The highest BCUT2D eigenvalue weighted by atomic mass is 16.3. The van der Waals surface area contributed by atoms with Crippen molar-refractivity contribution in [3.05, 3.63) is 24.2 Å². The molecule has 0 radical (unpaired) electrons. The molecule has 1 aliphatic carbocycles. The third-order valence-corrected chi connectivity index (χ3v) is 5.15. The van der Waals surface area contributed by atoms with E-state index in [1.165, 1.54) is 37.7 Å². The van der Waals surface area contributed by atoms with Gasteiger partial charge in [-0.3, -0.25) is 0 Å².